The van der Waals surface area contributed by atoms with Gasteiger partial charge < -0.3 is 14.8 Å². The first-order valence-corrected chi connectivity index (χ1v) is 9.55. The number of nitrogens with zero attached hydrogens (tertiary/aromatic N) is 4. The molecule has 26 heavy (non-hydrogen) atoms. The van der Waals surface area contributed by atoms with E-state index in [-0.39, 0.29) is 5.91 Å². The first-order chi connectivity index (χ1) is 12.4. The van der Waals surface area contributed by atoms with Crippen molar-refractivity contribution in [1.82, 2.24) is 24.7 Å². The Balaban J connectivity index is 1.45. The Hall–Kier alpha value is -1.92. The van der Waals surface area contributed by atoms with Gasteiger partial charge in [0.1, 0.15) is 5.82 Å². The number of imidazole rings is 1. The van der Waals surface area contributed by atoms with Crippen molar-refractivity contribution in [2.75, 3.05) is 33.2 Å². The van der Waals surface area contributed by atoms with Crippen LogP contribution in [-0.2, 0) is 18.4 Å². The molecule has 3 rings (SSSR count). The molecule has 0 aliphatic carbocycles. The molecule has 0 radical (unpaired) electrons. The number of carbonyl (C=O) groups excluding carboxylic acids is 1. The lowest BCUT2D eigenvalue weighted by atomic mass is 10.1. The lowest BCUT2D eigenvalue weighted by Gasteiger charge is -2.36. The van der Waals surface area contributed by atoms with Crippen LogP contribution in [0.4, 0.5) is 0 Å². The third-order valence-corrected chi connectivity index (χ3v) is 5.61. The summed E-state index contributed by atoms with van der Waals surface area (Å²) < 4.78 is 2.08. The van der Waals surface area contributed by atoms with Gasteiger partial charge in [-0.2, -0.15) is 0 Å². The molecule has 6 nitrogen and oxygen atoms in total. The topological polar surface area (TPSA) is 53.4 Å². The summed E-state index contributed by atoms with van der Waals surface area (Å²) >= 11 is 0. The van der Waals surface area contributed by atoms with Gasteiger partial charge in [0.05, 0.1) is 11.0 Å². The number of likely N-dealkylation sites (N-methyl/N-ethyl adjacent to an activating group) is 1. The van der Waals surface area contributed by atoms with Gasteiger partial charge in [-0.15, -0.1) is 0 Å². The fourth-order valence-electron chi connectivity index (χ4n) is 3.55. The fraction of sp³-hybridized carbons (Fsp3) is 0.600. The Morgan fingerprint density at radius 1 is 1.23 bits per heavy atom. The molecule has 1 saturated heterocycles. The molecule has 1 aliphatic heterocycles. The van der Waals surface area contributed by atoms with E-state index in [1.54, 1.807) is 0 Å². The molecule has 0 unspecified atom stereocenters. The Kier molecular flexibility index (Phi) is 5.94. The average molecular weight is 358 g/mol. The molecular formula is C20H31N5O. The maximum atomic E-state index is 12.2. The van der Waals surface area contributed by atoms with Crippen LogP contribution < -0.4 is 5.32 Å². The summed E-state index contributed by atoms with van der Waals surface area (Å²) in [5, 5.41) is 3.05. The number of nitrogens with one attached hydrogen (secondary N) is 1. The Morgan fingerprint density at radius 3 is 2.69 bits per heavy atom. The minimum absolute atomic E-state index is 0.128. The maximum absolute atomic E-state index is 12.2. The molecule has 6 heteroatoms. The second kappa shape index (κ2) is 8.18. The van der Waals surface area contributed by atoms with Crippen LogP contribution in [0.2, 0.25) is 0 Å². The van der Waals surface area contributed by atoms with Crippen molar-refractivity contribution in [3.8, 4) is 0 Å². The molecule has 1 aromatic carbocycles. The van der Waals surface area contributed by atoms with Crippen LogP contribution in [0.25, 0.3) is 11.0 Å². The molecule has 1 aliphatic rings. The number of hydrogen-bond donors (Lipinski definition) is 1. The van der Waals surface area contributed by atoms with E-state index in [1.807, 2.05) is 14.0 Å². The molecule has 1 fully saturated rings. The van der Waals surface area contributed by atoms with Crippen molar-refractivity contribution < 1.29 is 4.79 Å². The maximum Gasteiger partial charge on any atom is 0.220 e. The van der Waals surface area contributed by atoms with Crippen LogP contribution >= 0.6 is 0 Å². The first kappa shape index (κ1) is 18.9. The number of carbonyl (C=O) groups is 1. The summed E-state index contributed by atoms with van der Waals surface area (Å²) in [7, 11) is 4.19. The normalized spacial score (nSPS) is 17.5. The standard InChI is InChI=1S/C20H31N5O/c1-15(25-11-9-23(3)10-12-25)5-8-20(26)21-14-17-6-7-19-18(13-17)22-16(2)24(19)4/h6-7,13,15H,5,8-12,14H2,1-4H3,(H,21,26)/t15-/m1/s1. The first-order valence-electron chi connectivity index (χ1n) is 9.55. The zero-order valence-corrected chi connectivity index (χ0v) is 16.5. The largest absolute Gasteiger partial charge is 0.352 e. The quantitative estimate of drug-likeness (QED) is 0.858. The molecule has 0 bridgehead atoms. The summed E-state index contributed by atoms with van der Waals surface area (Å²) in [6, 6.07) is 6.67. The molecule has 2 heterocycles. The Bertz CT molecular complexity index is 761. The molecule has 2 aromatic rings. The molecule has 1 aromatic heterocycles. The molecule has 0 saturated carbocycles. The van der Waals surface area contributed by atoms with Gasteiger partial charge in [0.2, 0.25) is 5.91 Å². The third kappa shape index (κ3) is 4.43. The highest BCUT2D eigenvalue weighted by molar-refractivity contribution is 5.78. The van der Waals surface area contributed by atoms with Gasteiger partial charge in [0, 0.05) is 52.2 Å². The van der Waals surface area contributed by atoms with Crippen molar-refractivity contribution in [1.29, 1.82) is 0 Å². The Labute approximate surface area is 156 Å². The number of amides is 1. The van der Waals surface area contributed by atoms with Crippen LogP contribution in [-0.4, -0.2) is 64.5 Å². The molecular weight excluding hydrogens is 326 g/mol. The van der Waals surface area contributed by atoms with Gasteiger partial charge in [-0.05, 0) is 45.0 Å². The van der Waals surface area contributed by atoms with E-state index in [9.17, 15) is 4.79 Å². The van der Waals surface area contributed by atoms with Gasteiger partial charge in [-0.25, -0.2) is 4.98 Å². The van der Waals surface area contributed by atoms with Crippen LogP contribution in [0.1, 0.15) is 31.2 Å². The van der Waals surface area contributed by atoms with E-state index in [0.717, 1.165) is 55.0 Å². The van der Waals surface area contributed by atoms with Gasteiger partial charge in [0.25, 0.3) is 0 Å². The average Bonchev–Trinajstić information content (AvgIpc) is 2.92. The number of hydrogen-bond acceptors (Lipinski definition) is 4. The highest BCUT2D eigenvalue weighted by Gasteiger charge is 2.19. The minimum atomic E-state index is 0.128. The number of aryl methyl sites for hydroxylation is 2. The Morgan fingerprint density at radius 2 is 1.96 bits per heavy atom. The molecule has 1 N–H and O–H groups in total. The molecule has 1 atom stereocenters. The van der Waals surface area contributed by atoms with E-state index in [1.165, 1.54) is 0 Å². The predicted molar refractivity (Wildman–Crippen MR) is 105 cm³/mol. The SMILES string of the molecule is Cc1nc2cc(CNC(=O)CC[C@@H](C)N3CCN(C)CC3)ccc2n1C. The van der Waals surface area contributed by atoms with Gasteiger partial charge in [-0.3, -0.25) is 9.69 Å². The summed E-state index contributed by atoms with van der Waals surface area (Å²) in [5.74, 6) is 1.13. The molecule has 142 valence electrons. The molecule has 1 amide bonds. The van der Waals surface area contributed by atoms with Crippen LogP contribution in [0, 0.1) is 6.92 Å². The highest BCUT2D eigenvalue weighted by Crippen LogP contribution is 2.16. The number of aromatic nitrogens is 2. The van der Waals surface area contributed by atoms with Crippen molar-refractivity contribution >= 4 is 16.9 Å². The van der Waals surface area contributed by atoms with E-state index in [2.05, 4.69) is 56.8 Å². The van der Waals surface area contributed by atoms with Gasteiger partial charge >= 0.3 is 0 Å². The van der Waals surface area contributed by atoms with Crippen molar-refractivity contribution in [3.63, 3.8) is 0 Å². The van der Waals surface area contributed by atoms with Crippen molar-refractivity contribution in [2.24, 2.45) is 7.05 Å². The summed E-state index contributed by atoms with van der Waals surface area (Å²) in [5.41, 5.74) is 3.20. The van der Waals surface area contributed by atoms with E-state index < -0.39 is 0 Å². The smallest absolute Gasteiger partial charge is 0.220 e. The van der Waals surface area contributed by atoms with E-state index in [4.69, 9.17) is 0 Å². The second-order valence-corrected chi connectivity index (χ2v) is 7.54. The van der Waals surface area contributed by atoms with Gasteiger partial charge in [-0.1, -0.05) is 6.07 Å². The fourth-order valence-corrected chi connectivity index (χ4v) is 3.55. The number of benzene rings is 1. The summed E-state index contributed by atoms with van der Waals surface area (Å²) in [4.78, 5) is 21.6. The summed E-state index contributed by atoms with van der Waals surface area (Å²) in [6.07, 6.45) is 1.49. The second-order valence-electron chi connectivity index (χ2n) is 7.54. The van der Waals surface area contributed by atoms with Crippen LogP contribution in [0.5, 0.6) is 0 Å². The minimum Gasteiger partial charge on any atom is -0.352 e. The zero-order chi connectivity index (χ0) is 18.7. The monoisotopic (exact) mass is 357 g/mol. The van der Waals surface area contributed by atoms with Crippen LogP contribution in [0.15, 0.2) is 18.2 Å². The van der Waals surface area contributed by atoms with Crippen molar-refractivity contribution in [2.45, 2.75) is 39.3 Å². The third-order valence-electron chi connectivity index (χ3n) is 5.61. The number of rotatable bonds is 6. The summed E-state index contributed by atoms with van der Waals surface area (Å²) in [6.45, 7) is 9.23. The lowest BCUT2D eigenvalue weighted by molar-refractivity contribution is -0.121. The van der Waals surface area contributed by atoms with E-state index in [0.29, 0.717) is 19.0 Å². The number of fused-ring (bicyclic) bond motifs is 1. The predicted octanol–water partition coefficient (Wildman–Crippen LogP) is 1.91. The number of piperazine rings is 1. The van der Waals surface area contributed by atoms with Crippen molar-refractivity contribution in [3.05, 3.63) is 29.6 Å². The van der Waals surface area contributed by atoms with E-state index >= 15 is 0 Å². The zero-order valence-electron chi connectivity index (χ0n) is 16.5. The van der Waals surface area contributed by atoms with Gasteiger partial charge in [0.15, 0.2) is 0 Å². The lowest BCUT2D eigenvalue weighted by Crippen LogP contribution is -2.48. The molecule has 0 spiro atoms. The highest BCUT2D eigenvalue weighted by atomic mass is 16.1. The van der Waals surface area contributed by atoms with Crippen LogP contribution in [0.3, 0.4) is 0 Å².